The van der Waals surface area contributed by atoms with E-state index in [9.17, 15) is 0 Å². The van der Waals surface area contributed by atoms with Gasteiger partial charge in [0.2, 0.25) is 0 Å². The number of hydrogen-bond donors (Lipinski definition) is 1. The van der Waals surface area contributed by atoms with Gasteiger partial charge in [0.1, 0.15) is 0 Å². The lowest BCUT2D eigenvalue weighted by molar-refractivity contribution is 0.681. The quantitative estimate of drug-likeness (QED) is 0.849. The number of aryl methyl sites for hydroxylation is 1. The third kappa shape index (κ3) is 2.69. The van der Waals surface area contributed by atoms with E-state index >= 15 is 0 Å². The van der Waals surface area contributed by atoms with Gasteiger partial charge in [-0.25, -0.2) is 0 Å². The van der Waals surface area contributed by atoms with Crippen LogP contribution < -0.4 is 10.6 Å². The van der Waals surface area contributed by atoms with Gasteiger partial charge in [0.05, 0.1) is 0 Å². The molecule has 0 aliphatic heterocycles. The number of nitrogen functional groups attached to an aromatic ring is 1. The number of rotatable bonds is 5. The molecule has 4 rings (SSSR count). The van der Waals surface area contributed by atoms with Crippen LogP contribution in [0, 0.1) is 18.8 Å². The summed E-state index contributed by atoms with van der Waals surface area (Å²) in [5.41, 5.74) is 9.39. The van der Waals surface area contributed by atoms with Crippen molar-refractivity contribution in [2.24, 2.45) is 11.8 Å². The first-order valence-corrected chi connectivity index (χ1v) is 8.10. The second-order valence-corrected chi connectivity index (χ2v) is 6.84. The van der Waals surface area contributed by atoms with Gasteiger partial charge in [0, 0.05) is 47.1 Å². The van der Waals surface area contributed by atoms with Crippen LogP contribution in [0.4, 0.5) is 11.4 Å². The summed E-state index contributed by atoms with van der Waals surface area (Å²) in [5.74, 6) is 1.80. The van der Waals surface area contributed by atoms with Gasteiger partial charge < -0.3 is 10.6 Å². The van der Waals surface area contributed by atoms with Crippen LogP contribution in [0.1, 0.15) is 31.4 Å². The molecule has 3 nitrogen and oxygen atoms in total. The van der Waals surface area contributed by atoms with Crippen LogP contribution in [-0.2, 0) is 0 Å². The Morgan fingerprint density at radius 2 is 1.76 bits per heavy atom. The normalized spacial score (nSPS) is 18.1. The van der Waals surface area contributed by atoms with Crippen molar-refractivity contribution in [3.8, 4) is 0 Å². The highest BCUT2D eigenvalue weighted by molar-refractivity contribution is 6.01. The number of pyridine rings is 1. The van der Waals surface area contributed by atoms with Crippen molar-refractivity contribution in [3.05, 3.63) is 30.1 Å². The fourth-order valence-corrected chi connectivity index (χ4v) is 3.12. The molecule has 2 fully saturated rings. The number of nitrogens with zero attached hydrogens (tertiary/aromatic N) is 2. The number of benzene rings is 1. The van der Waals surface area contributed by atoms with Crippen LogP contribution in [-0.4, -0.2) is 18.1 Å². The van der Waals surface area contributed by atoms with Crippen LogP contribution in [0.2, 0.25) is 0 Å². The minimum Gasteiger partial charge on any atom is -0.398 e. The zero-order valence-corrected chi connectivity index (χ0v) is 12.7. The molecule has 1 heterocycles. The lowest BCUT2D eigenvalue weighted by Crippen LogP contribution is -2.28. The van der Waals surface area contributed by atoms with Gasteiger partial charge in [-0.15, -0.1) is 0 Å². The number of aromatic nitrogens is 1. The molecule has 0 bridgehead atoms. The number of hydrogen-bond acceptors (Lipinski definition) is 3. The second-order valence-electron chi connectivity index (χ2n) is 6.84. The molecule has 2 saturated carbocycles. The maximum absolute atomic E-state index is 6.14. The number of nitrogens with two attached hydrogens (primary N) is 1. The van der Waals surface area contributed by atoms with Crippen molar-refractivity contribution in [1.29, 1.82) is 0 Å². The van der Waals surface area contributed by atoms with Crippen molar-refractivity contribution in [2.45, 2.75) is 32.6 Å². The summed E-state index contributed by atoms with van der Waals surface area (Å²) in [5, 5.41) is 2.36. The first kappa shape index (κ1) is 12.9. The fourth-order valence-electron chi connectivity index (χ4n) is 3.12. The molecule has 0 spiro atoms. The molecule has 0 atom stereocenters. The van der Waals surface area contributed by atoms with Crippen molar-refractivity contribution in [3.63, 3.8) is 0 Å². The molecule has 2 aliphatic rings. The highest BCUT2D eigenvalue weighted by atomic mass is 15.1. The van der Waals surface area contributed by atoms with Gasteiger partial charge in [-0.1, -0.05) is 0 Å². The zero-order valence-electron chi connectivity index (χ0n) is 12.7. The SMILES string of the molecule is Cc1cc2c(N(CC3CC3)CC3CC3)ccc(N)c2cn1. The van der Waals surface area contributed by atoms with Crippen LogP contribution in [0.15, 0.2) is 24.4 Å². The molecule has 0 amide bonds. The summed E-state index contributed by atoms with van der Waals surface area (Å²) < 4.78 is 0. The van der Waals surface area contributed by atoms with E-state index in [4.69, 9.17) is 5.73 Å². The average Bonchev–Trinajstić information content (AvgIpc) is 3.34. The van der Waals surface area contributed by atoms with Gasteiger partial charge in [-0.3, -0.25) is 4.98 Å². The van der Waals surface area contributed by atoms with E-state index in [1.807, 2.05) is 12.3 Å². The Hall–Kier alpha value is -1.77. The summed E-state index contributed by atoms with van der Waals surface area (Å²) in [4.78, 5) is 7.02. The summed E-state index contributed by atoms with van der Waals surface area (Å²) >= 11 is 0. The molecule has 1 aromatic carbocycles. The van der Waals surface area contributed by atoms with Crippen molar-refractivity contribution in [1.82, 2.24) is 4.98 Å². The maximum atomic E-state index is 6.14. The summed E-state index contributed by atoms with van der Waals surface area (Å²) in [7, 11) is 0. The average molecular weight is 281 g/mol. The largest absolute Gasteiger partial charge is 0.398 e. The Labute approximate surface area is 126 Å². The van der Waals surface area contributed by atoms with Gasteiger partial charge in [-0.05, 0) is 62.6 Å². The van der Waals surface area contributed by atoms with E-state index in [1.165, 1.54) is 49.8 Å². The minimum absolute atomic E-state index is 0.832. The Morgan fingerprint density at radius 3 is 2.38 bits per heavy atom. The highest BCUT2D eigenvalue weighted by Gasteiger charge is 2.30. The Bertz CT molecular complexity index is 657. The molecular weight excluding hydrogens is 258 g/mol. The molecule has 0 saturated heterocycles. The third-order valence-corrected chi connectivity index (χ3v) is 4.74. The summed E-state index contributed by atoms with van der Waals surface area (Å²) in [6.45, 7) is 4.46. The van der Waals surface area contributed by atoms with E-state index in [1.54, 1.807) is 0 Å². The predicted octanol–water partition coefficient (Wildman–Crippen LogP) is 3.75. The standard InChI is InChI=1S/C18H23N3/c1-12-8-15-16(9-20-12)17(19)6-7-18(15)21(10-13-2-3-13)11-14-4-5-14/h6-9,13-14H,2-5,10-11,19H2,1H3. The fraction of sp³-hybridized carbons (Fsp3) is 0.500. The molecule has 21 heavy (non-hydrogen) atoms. The highest BCUT2D eigenvalue weighted by Crippen LogP contribution is 2.38. The lowest BCUT2D eigenvalue weighted by Gasteiger charge is -2.27. The Morgan fingerprint density at radius 1 is 1.10 bits per heavy atom. The van der Waals surface area contributed by atoms with Gasteiger partial charge >= 0.3 is 0 Å². The van der Waals surface area contributed by atoms with Crippen molar-refractivity contribution >= 4 is 22.1 Å². The van der Waals surface area contributed by atoms with Crippen LogP contribution in [0.25, 0.3) is 10.8 Å². The zero-order chi connectivity index (χ0) is 14.4. The van der Waals surface area contributed by atoms with Crippen LogP contribution in [0.5, 0.6) is 0 Å². The molecule has 2 aromatic rings. The molecule has 3 heteroatoms. The summed E-state index contributed by atoms with van der Waals surface area (Å²) in [6, 6.07) is 6.44. The van der Waals surface area contributed by atoms with Gasteiger partial charge in [0.25, 0.3) is 0 Å². The van der Waals surface area contributed by atoms with Crippen molar-refractivity contribution in [2.75, 3.05) is 23.7 Å². The smallest absolute Gasteiger partial charge is 0.0448 e. The Balaban J connectivity index is 1.77. The molecule has 2 aliphatic carbocycles. The van der Waals surface area contributed by atoms with Gasteiger partial charge in [0.15, 0.2) is 0 Å². The minimum atomic E-state index is 0.832. The van der Waals surface area contributed by atoms with Crippen molar-refractivity contribution < 1.29 is 0 Å². The third-order valence-electron chi connectivity index (χ3n) is 4.74. The topological polar surface area (TPSA) is 42.1 Å². The summed E-state index contributed by atoms with van der Waals surface area (Å²) in [6.07, 6.45) is 7.52. The monoisotopic (exact) mass is 281 g/mol. The molecule has 1 aromatic heterocycles. The van der Waals surface area contributed by atoms with Gasteiger partial charge in [-0.2, -0.15) is 0 Å². The van der Waals surface area contributed by atoms with E-state index in [0.29, 0.717) is 0 Å². The molecule has 110 valence electrons. The molecule has 0 unspecified atom stereocenters. The predicted molar refractivity (Wildman–Crippen MR) is 88.6 cm³/mol. The van der Waals surface area contributed by atoms with E-state index in [2.05, 4.69) is 28.9 Å². The lowest BCUT2D eigenvalue weighted by atomic mass is 10.1. The first-order chi connectivity index (χ1) is 10.2. The maximum Gasteiger partial charge on any atom is 0.0448 e. The van der Waals surface area contributed by atoms with E-state index in [-0.39, 0.29) is 0 Å². The van der Waals surface area contributed by atoms with Crippen LogP contribution in [0.3, 0.4) is 0 Å². The molecule has 0 radical (unpaired) electrons. The van der Waals surface area contributed by atoms with E-state index in [0.717, 1.165) is 28.6 Å². The first-order valence-electron chi connectivity index (χ1n) is 8.10. The number of anilines is 2. The molecular formula is C18H23N3. The van der Waals surface area contributed by atoms with E-state index < -0.39 is 0 Å². The second kappa shape index (κ2) is 4.90. The molecule has 2 N–H and O–H groups in total. The number of fused-ring (bicyclic) bond motifs is 1. The van der Waals surface area contributed by atoms with Crippen LogP contribution >= 0.6 is 0 Å². The Kier molecular flexibility index (Phi) is 3.02.